The molecule has 0 spiro atoms. The molecular formula is C25H27N3O5S2. The Morgan fingerprint density at radius 3 is 2.54 bits per heavy atom. The fourth-order valence-corrected chi connectivity index (χ4v) is 4.85. The summed E-state index contributed by atoms with van der Waals surface area (Å²) in [6, 6.07) is 14.8. The number of nitrogens with zero attached hydrogens (tertiary/aromatic N) is 1. The molecule has 0 bridgehead atoms. The van der Waals surface area contributed by atoms with E-state index in [0.717, 1.165) is 21.9 Å². The van der Waals surface area contributed by atoms with Crippen LogP contribution in [0, 0.1) is 0 Å². The van der Waals surface area contributed by atoms with E-state index in [1.54, 1.807) is 18.2 Å². The van der Waals surface area contributed by atoms with E-state index in [4.69, 9.17) is 9.84 Å². The molecule has 0 aliphatic carbocycles. The highest BCUT2D eigenvalue weighted by molar-refractivity contribution is 8.00. The number of thiazole rings is 1. The van der Waals surface area contributed by atoms with E-state index in [1.165, 1.54) is 23.1 Å². The Balaban J connectivity index is 1.59. The number of ether oxygens (including phenoxy) is 1. The number of hydrogen-bond donors (Lipinski definition) is 3. The second-order valence-electron chi connectivity index (χ2n) is 7.47. The average Bonchev–Trinajstić information content (AvgIpc) is 3.30. The van der Waals surface area contributed by atoms with Crippen LogP contribution < -0.4 is 15.4 Å². The number of rotatable bonds is 12. The molecule has 184 valence electrons. The first-order valence-electron chi connectivity index (χ1n) is 11.2. The van der Waals surface area contributed by atoms with Gasteiger partial charge in [-0.3, -0.25) is 14.4 Å². The maximum atomic E-state index is 12.9. The van der Waals surface area contributed by atoms with Crippen LogP contribution in [0.3, 0.4) is 0 Å². The summed E-state index contributed by atoms with van der Waals surface area (Å²) in [5.41, 5.74) is 2.27. The molecule has 3 aromatic rings. The van der Waals surface area contributed by atoms with Crippen LogP contribution in [0.2, 0.25) is 0 Å². The number of aromatic nitrogens is 1. The number of carboxylic acids is 1. The molecule has 2 aromatic carbocycles. The Morgan fingerprint density at radius 2 is 1.86 bits per heavy atom. The first-order valence-corrected chi connectivity index (χ1v) is 12.9. The molecule has 3 N–H and O–H groups in total. The molecule has 0 aliphatic rings. The normalized spacial score (nSPS) is 11.5. The number of carboxylic acid groups (broad SMARTS) is 1. The lowest BCUT2D eigenvalue weighted by Gasteiger charge is -2.14. The fourth-order valence-electron chi connectivity index (χ4n) is 3.12. The van der Waals surface area contributed by atoms with Gasteiger partial charge in [-0.1, -0.05) is 13.0 Å². The van der Waals surface area contributed by atoms with Crippen molar-refractivity contribution in [3.8, 4) is 17.0 Å². The Bertz CT molecular complexity index is 1160. The van der Waals surface area contributed by atoms with Gasteiger partial charge < -0.3 is 20.5 Å². The summed E-state index contributed by atoms with van der Waals surface area (Å²) < 4.78 is 5.47. The number of aliphatic carboxylic acids is 1. The second kappa shape index (κ2) is 12.9. The predicted octanol–water partition coefficient (Wildman–Crippen LogP) is 5.52. The van der Waals surface area contributed by atoms with Crippen molar-refractivity contribution in [2.24, 2.45) is 0 Å². The lowest BCUT2D eigenvalue weighted by Crippen LogP contribution is -2.24. The third-order valence-corrected chi connectivity index (χ3v) is 6.94. The van der Waals surface area contributed by atoms with Gasteiger partial charge in [-0.25, -0.2) is 4.98 Å². The zero-order chi connectivity index (χ0) is 25.2. The molecular weight excluding hydrogens is 486 g/mol. The molecule has 3 rings (SSSR count). The Labute approximate surface area is 212 Å². The van der Waals surface area contributed by atoms with E-state index < -0.39 is 5.97 Å². The molecule has 2 amide bonds. The van der Waals surface area contributed by atoms with E-state index in [2.05, 4.69) is 15.6 Å². The minimum atomic E-state index is -1.02. The maximum absolute atomic E-state index is 12.9. The van der Waals surface area contributed by atoms with Crippen molar-refractivity contribution in [2.75, 3.05) is 17.2 Å². The monoisotopic (exact) mass is 513 g/mol. The highest BCUT2D eigenvalue weighted by Crippen LogP contribution is 2.30. The molecule has 1 unspecified atom stereocenters. The number of amides is 2. The van der Waals surface area contributed by atoms with Crippen LogP contribution in [0.1, 0.15) is 33.1 Å². The van der Waals surface area contributed by atoms with E-state index in [1.807, 2.05) is 49.6 Å². The van der Waals surface area contributed by atoms with E-state index in [-0.39, 0.29) is 29.9 Å². The number of nitrogens with one attached hydrogen (secondary N) is 2. The minimum Gasteiger partial charge on any atom is -0.494 e. The molecule has 0 aliphatic heterocycles. The van der Waals surface area contributed by atoms with Crippen LogP contribution in [0.25, 0.3) is 11.3 Å². The predicted molar refractivity (Wildman–Crippen MR) is 139 cm³/mol. The van der Waals surface area contributed by atoms with Crippen LogP contribution in [0.4, 0.5) is 10.8 Å². The number of thioether (sulfide) groups is 1. The lowest BCUT2D eigenvalue weighted by atomic mass is 10.2. The van der Waals surface area contributed by atoms with E-state index in [9.17, 15) is 14.4 Å². The van der Waals surface area contributed by atoms with Crippen LogP contribution >= 0.6 is 23.1 Å². The summed E-state index contributed by atoms with van der Waals surface area (Å²) in [5, 5.41) is 16.4. The van der Waals surface area contributed by atoms with Gasteiger partial charge in [-0.15, -0.1) is 23.1 Å². The van der Waals surface area contributed by atoms with Gasteiger partial charge in [0.15, 0.2) is 5.13 Å². The van der Waals surface area contributed by atoms with Gasteiger partial charge >= 0.3 is 5.97 Å². The molecule has 0 saturated carbocycles. The third kappa shape index (κ3) is 8.11. The van der Waals surface area contributed by atoms with Crippen molar-refractivity contribution in [2.45, 2.75) is 43.3 Å². The van der Waals surface area contributed by atoms with Crippen molar-refractivity contribution in [1.29, 1.82) is 0 Å². The van der Waals surface area contributed by atoms with Crippen molar-refractivity contribution < 1.29 is 24.2 Å². The molecule has 1 aromatic heterocycles. The van der Waals surface area contributed by atoms with Crippen molar-refractivity contribution in [1.82, 2.24) is 4.98 Å². The molecule has 0 fully saturated rings. The summed E-state index contributed by atoms with van der Waals surface area (Å²) in [7, 11) is 0. The van der Waals surface area contributed by atoms with E-state index >= 15 is 0 Å². The Kier molecular flexibility index (Phi) is 9.68. The smallest absolute Gasteiger partial charge is 0.303 e. The lowest BCUT2D eigenvalue weighted by molar-refractivity contribution is -0.138. The van der Waals surface area contributed by atoms with Crippen molar-refractivity contribution in [3.05, 3.63) is 53.9 Å². The highest BCUT2D eigenvalue weighted by atomic mass is 32.2. The zero-order valence-electron chi connectivity index (χ0n) is 19.4. The number of anilines is 2. The first-order chi connectivity index (χ1) is 16.9. The summed E-state index contributed by atoms with van der Waals surface area (Å²) in [6.07, 6.45) is 0.275. The van der Waals surface area contributed by atoms with E-state index in [0.29, 0.717) is 23.8 Å². The quantitative estimate of drug-likeness (QED) is 0.273. The summed E-state index contributed by atoms with van der Waals surface area (Å²) in [4.78, 5) is 40.8. The Hall–Kier alpha value is -3.37. The first kappa shape index (κ1) is 26.2. The molecule has 35 heavy (non-hydrogen) atoms. The van der Waals surface area contributed by atoms with Crippen LogP contribution in [-0.2, 0) is 14.4 Å². The SMILES string of the molecule is CCOc1ccc(-c2csc(NC(=O)C(CC)Sc3cccc(NC(=O)CCC(=O)O)c3)n2)cc1. The van der Waals surface area contributed by atoms with Gasteiger partial charge in [0.1, 0.15) is 5.75 Å². The summed E-state index contributed by atoms with van der Waals surface area (Å²) in [5.74, 6) is -0.743. The zero-order valence-corrected chi connectivity index (χ0v) is 21.1. The molecule has 0 saturated heterocycles. The molecule has 10 heteroatoms. The Morgan fingerprint density at radius 1 is 1.09 bits per heavy atom. The minimum absolute atomic E-state index is 0.0981. The van der Waals surface area contributed by atoms with Crippen molar-refractivity contribution in [3.63, 3.8) is 0 Å². The second-order valence-corrected chi connectivity index (χ2v) is 9.60. The fraction of sp³-hybridized carbons (Fsp3) is 0.280. The molecule has 8 nitrogen and oxygen atoms in total. The van der Waals surface area contributed by atoms with Gasteiger partial charge in [0.25, 0.3) is 0 Å². The van der Waals surface area contributed by atoms with Crippen LogP contribution in [0.5, 0.6) is 5.75 Å². The number of carbonyl (C=O) groups is 3. The molecule has 0 radical (unpaired) electrons. The average molecular weight is 514 g/mol. The standard InChI is InChI=1S/C25H27N3O5S2/c1-3-21(35-19-7-5-6-17(14-19)26-22(29)12-13-23(30)31)24(32)28-25-27-20(15-34-25)16-8-10-18(11-9-16)33-4-2/h5-11,14-15,21H,3-4,12-13H2,1-2H3,(H,26,29)(H,30,31)(H,27,28,32). The summed E-state index contributed by atoms with van der Waals surface area (Å²) in [6.45, 7) is 4.47. The van der Waals surface area contributed by atoms with Gasteiger partial charge in [0, 0.05) is 27.9 Å². The number of carbonyl (C=O) groups excluding carboxylic acids is 2. The van der Waals surface area contributed by atoms with Crippen LogP contribution in [-0.4, -0.2) is 39.7 Å². The number of hydrogen-bond acceptors (Lipinski definition) is 7. The largest absolute Gasteiger partial charge is 0.494 e. The van der Waals surface area contributed by atoms with Crippen LogP contribution in [0.15, 0.2) is 58.8 Å². The number of benzene rings is 2. The van der Waals surface area contributed by atoms with Crippen molar-refractivity contribution >= 4 is 51.7 Å². The van der Waals surface area contributed by atoms with Gasteiger partial charge in [0.05, 0.1) is 24.0 Å². The van der Waals surface area contributed by atoms with Gasteiger partial charge in [0.2, 0.25) is 11.8 Å². The summed E-state index contributed by atoms with van der Waals surface area (Å²) >= 11 is 2.75. The molecule has 1 heterocycles. The highest BCUT2D eigenvalue weighted by Gasteiger charge is 2.20. The molecule has 1 atom stereocenters. The third-order valence-electron chi connectivity index (χ3n) is 4.82. The topological polar surface area (TPSA) is 118 Å². The van der Waals surface area contributed by atoms with Gasteiger partial charge in [-0.2, -0.15) is 0 Å². The maximum Gasteiger partial charge on any atom is 0.303 e. The van der Waals surface area contributed by atoms with Gasteiger partial charge in [-0.05, 0) is 55.8 Å².